The van der Waals surface area contributed by atoms with Gasteiger partial charge in [0.2, 0.25) is 0 Å². The third kappa shape index (κ3) is 25.5. The molecule has 0 saturated carbocycles. The van der Waals surface area contributed by atoms with E-state index in [0.29, 0.717) is 19.4 Å². The maximum Gasteiger partial charge on any atom is 0.310 e. The SMILES string of the molecule is CCCCC/C=C\C/C=C\CCCCCCCC(=O)OC1COC(COC(=O)C2CCCN(C)C2)[C@@H]1OC(=O)CCCCCCC/C=C\C/C=C\CCCCC. The molecule has 8 nitrogen and oxygen atoms in total. The van der Waals surface area contributed by atoms with Crippen molar-refractivity contribution in [3.8, 4) is 0 Å². The molecular weight excluding hydrogens is 703 g/mol. The van der Waals surface area contributed by atoms with E-state index in [0.717, 1.165) is 109 Å². The van der Waals surface area contributed by atoms with Gasteiger partial charge in [-0.2, -0.15) is 0 Å². The lowest BCUT2D eigenvalue weighted by Gasteiger charge is -2.29. The maximum absolute atomic E-state index is 13.0. The normalized spacial score (nSPS) is 20.6. The molecule has 3 unspecified atom stereocenters. The molecule has 2 saturated heterocycles. The van der Waals surface area contributed by atoms with Gasteiger partial charge < -0.3 is 23.8 Å². The first-order valence-corrected chi connectivity index (χ1v) is 22.9. The second-order valence-corrected chi connectivity index (χ2v) is 16.0. The van der Waals surface area contributed by atoms with Gasteiger partial charge in [-0.3, -0.25) is 14.4 Å². The Bertz CT molecular complexity index is 1130. The molecule has 2 heterocycles. The Morgan fingerprint density at radius 2 is 1.11 bits per heavy atom. The lowest BCUT2D eigenvalue weighted by atomic mass is 9.99. The summed E-state index contributed by atoms with van der Waals surface area (Å²) in [7, 11) is 2.01. The van der Waals surface area contributed by atoms with Crippen LogP contribution in [0.3, 0.4) is 0 Å². The number of allylic oxidation sites excluding steroid dienone is 8. The van der Waals surface area contributed by atoms with E-state index >= 15 is 0 Å². The van der Waals surface area contributed by atoms with Crippen LogP contribution >= 0.6 is 0 Å². The third-order valence-corrected chi connectivity index (χ3v) is 10.8. The van der Waals surface area contributed by atoms with E-state index in [2.05, 4.69) is 67.4 Å². The van der Waals surface area contributed by atoms with Gasteiger partial charge in [-0.15, -0.1) is 0 Å². The van der Waals surface area contributed by atoms with Crippen LogP contribution in [-0.2, 0) is 33.3 Å². The lowest BCUT2D eigenvalue weighted by molar-refractivity contribution is -0.169. The number of carbonyl (C=O) groups excluding carboxylic acids is 3. The molecule has 56 heavy (non-hydrogen) atoms. The van der Waals surface area contributed by atoms with Crippen molar-refractivity contribution in [2.24, 2.45) is 5.92 Å². The Kier molecular flexibility index (Phi) is 30.3. The highest BCUT2D eigenvalue weighted by molar-refractivity contribution is 5.73. The van der Waals surface area contributed by atoms with E-state index in [1.165, 1.54) is 51.4 Å². The fourth-order valence-corrected chi connectivity index (χ4v) is 7.28. The maximum atomic E-state index is 13.0. The van der Waals surface area contributed by atoms with Crippen molar-refractivity contribution in [2.75, 3.05) is 33.4 Å². The van der Waals surface area contributed by atoms with Gasteiger partial charge in [-0.25, -0.2) is 0 Å². The molecule has 0 aliphatic carbocycles. The fraction of sp³-hybridized carbons (Fsp3) is 0.771. The van der Waals surface area contributed by atoms with Crippen molar-refractivity contribution in [2.45, 2.75) is 199 Å². The summed E-state index contributed by atoms with van der Waals surface area (Å²) in [5.41, 5.74) is 0. The molecule has 0 radical (unpaired) electrons. The van der Waals surface area contributed by atoms with Crippen LogP contribution in [0.15, 0.2) is 48.6 Å². The molecule has 2 rings (SSSR count). The zero-order valence-corrected chi connectivity index (χ0v) is 35.9. The van der Waals surface area contributed by atoms with Crippen LogP contribution in [-0.4, -0.2) is 74.5 Å². The van der Waals surface area contributed by atoms with Crippen LogP contribution in [0.4, 0.5) is 0 Å². The number of unbranched alkanes of at least 4 members (excludes halogenated alkanes) is 16. The van der Waals surface area contributed by atoms with Crippen molar-refractivity contribution < 1.29 is 33.3 Å². The van der Waals surface area contributed by atoms with E-state index in [1.807, 2.05) is 7.05 Å². The molecule has 2 fully saturated rings. The van der Waals surface area contributed by atoms with E-state index in [4.69, 9.17) is 18.9 Å². The average molecular weight is 784 g/mol. The molecule has 0 N–H and O–H groups in total. The van der Waals surface area contributed by atoms with Crippen molar-refractivity contribution >= 4 is 17.9 Å². The summed E-state index contributed by atoms with van der Waals surface area (Å²) in [6, 6.07) is 0. The lowest BCUT2D eigenvalue weighted by Crippen LogP contribution is -2.41. The van der Waals surface area contributed by atoms with Gasteiger partial charge >= 0.3 is 17.9 Å². The van der Waals surface area contributed by atoms with Gasteiger partial charge in [0.1, 0.15) is 12.7 Å². The molecule has 8 heteroatoms. The highest BCUT2D eigenvalue weighted by Gasteiger charge is 2.43. The zero-order valence-electron chi connectivity index (χ0n) is 35.9. The second kappa shape index (κ2) is 34.3. The summed E-state index contributed by atoms with van der Waals surface area (Å²) in [4.78, 5) is 40.9. The van der Waals surface area contributed by atoms with E-state index in [9.17, 15) is 14.4 Å². The minimum Gasteiger partial charge on any atom is -0.463 e. The highest BCUT2D eigenvalue weighted by atomic mass is 16.6. The zero-order chi connectivity index (χ0) is 40.3. The number of likely N-dealkylation sites (tertiary alicyclic amines) is 1. The van der Waals surface area contributed by atoms with E-state index < -0.39 is 18.3 Å². The molecule has 2 aliphatic heterocycles. The van der Waals surface area contributed by atoms with Crippen LogP contribution in [0, 0.1) is 5.92 Å². The third-order valence-electron chi connectivity index (χ3n) is 10.8. The molecule has 0 bridgehead atoms. The van der Waals surface area contributed by atoms with Gasteiger partial charge in [0.25, 0.3) is 0 Å². The quantitative estimate of drug-likeness (QED) is 0.0281. The number of nitrogens with zero attached hydrogens (tertiary/aromatic N) is 1. The molecule has 0 aromatic rings. The Balaban J connectivity index is 1.69. The summed E-state index contributed by atoms with van der Waals surface area (Å²) in [5.74, 6) is -1.06. The Labute approximate surface area is 342 Å². The predicted octanol–water partition coefficient (Wildman–Crippen LogP) is 11.7. The smallest absolute Gasteiger partial charge is 0.310 e. The molecule has 0 amide bonds. The van der Waals surface area contributed by atoms with Gasteiger partial charge in [-0.1, -0.05) is 127 Å². The van der Waals surface area contributed by atoms with Crippen LogP contribution in [0.25, 0.3) is 0 Å². The summed E-state index contributed by atoms with van der Waals surface area (Å²) < 4.78 is 23.4. The Morgan fingerprint density at radius 1 is 0.625 bits per heavy atom. The van der Waals surface area contributed by atoms with Crippen molar-refractivity contribution in [3.63, 3.8) is 0 Å². The summed E-state index contributed by atoms with van der Waals surface area (Å²) >= 11 is 0. The van der Waals surface area contributed by atoms with Crippen LogP contribution in [0.5, 0.6) is 0 Å². The predicted molar refractivity (Wildman–Crippen MR) is 229 cm³/mol. The number of piperidine rings is 1. The monoisotopic (exact) mass is 784 g/mol. The largest absolute Gasteiger partial charge is 0.463 e. The van der Waals surface area contributed by atoms with Crippen molar-refractivity contribution in [1.29, 1.82) is 0 Å². The summed E-state index contributed by atoms with van der Waals surface area (Å²) in [6.07, 6.45) is 42.9. The summed E-state index contributed by atoms with van der Waals surface area (Å²) in [5, 5.41) is 0. The first-order valence-electron chi connectivity index (χ1n) is 22.9. The molecule has 320 valence electrons. The highest BCUT2D eigenvalue weighted by Crippen LogP contribution is 2.25. The Hall–Kier alpha value is -2.71. The number of esters is 3. The first kappa shape index (κ1) is 49.4. The molecule has 0 aromatic heterocycles. The number of hydrogen-bond acceptors (Lipinski definition) is 8. The molecule has 2 aliphatic rings. The molecular formula is C48H81NO7. The average Bonchev–Trinajstić information content (AvgIpc) is 3.56. The number of carbonyl (C=O) groups is 3. The molecule has 0 aromatic carbocycles. The van der Waals surface area contributed by atoms with Gasteiger partial charge in [0.15, 0.2) is 12.2 Å². The first-order chi connectivity index (χ1) is 27.4. The minimum atomic E-state index is -0.796. The summed E-state index contributed by atoms with van der Waals surface area (Å²) in [6.45, 7) is 6.20. The number of hydrogen-bond donors (Lipinski definition) is 0. The standard InChI is InChI=1S/C48H81NO7/c1-4-6-8-10-12-14-16-18-20-22-24-26-28-30-32-36-45(50)55-44-41-53-43(40-54-48(52)42-35-34-38-49(3)39-42)47(44)56-46(51)37-33-31-29-27-25-23-21-19-17-15-13-11-9-7-5-2/h12-15,18-21,42-44,47H,4-11,16-17,22-41H2,1-3H3/b14-12-,15-13-,20-18-,21-19-/t42?,43?,44?,47-/m0/s1. The van der Waals surface area contributed by atoms with E-state index in [-0.39, 0.29) is 37.0 Å². The van der Waals surface area contributed by atoms with Gasteiger partial charge in [0.05, 0.1) is 12.5 Å². The van der Waals surface area contributed by atoms with Gasteiger partial charge in [0, 0.05) is 19.4 Å². The topological polar surface area (TPSA) is 91.4 Å². The van der Waals surface area contributed by atoms with Crippen LogP contribution in [0.1, 0.15) is 181 Å². The van der Waals surface area contributed by atoms with Crippen molar-refractivity contribution in [1.82, 2.24) is 4.90 Å². The van der Waals surface area contributed by atoms with Crippen molar-refractivity contribution in [3.05, 3.63) is 48.6 Å². The number of ether oxygens (including phenoxy) is 4. The number of rotatable bonds is 33. The van der Waals surface area contributed by atoms with Crippen LogP contribution in [0.2, 0.25) is 0 Å². The van der Waals surface area contributed by atoms with Gasteiger partial charge in [-0.05, 0) is 103 Å². The fourth-order valence-electron chi connectivity index (χ4n) is 7.28. The molecule has 0 spiro atoms. The van der Waals surface area contributed by atoms with Crippen LogP contribution < -0.4 is 0 Å². The Morgan fingerprint density at radius 3 is 1.62 bits per heavy atom. The minimum absolute atomic E-state index is 0.0281. The molecule has 4 atom stereocenters. The second-order valence-electron chi connectivity index (χ2n) is 16.0. The van der Waals surface area contributed by atoms with E-state index in [1.54, 1.807) is 0 Å².